The molecule has 0 saturated carbocycles. The van der Waals surface area contributed by atoms with Crippen molar-refractivity contribution in [2.24, 2.45) is 17.4 Å². The topological polar surface area (TPSA) is 244 Å². The Morgan fingerprint density at radius 3 is 1.95 bits per heavy atom. The second-order valence-corrected chi connectivity index (χ2v) is 16.6. The van der Waals surface area contributed by atoms with Crippen LogP contribution in [0.2, 0.25) is 0 Å². The van der Waals surface area contributed by atoms with Crippen molar-refractivity contribution in [2.45, 2.75) is 167 Å². The van der Waals surface area contributed by atoms with E-state index in [0.29, 0.717) is 58.7 Å². The smallest absolute Gasteiger partial charge is 0.379 e. The van der Waals surface area contributed by atoms with Crippen LogP contribution in [0.1, 0.15) is 155 Å². The van der Waals surface area contributed by atoms with Crippen LogP contribution >= 0.6 is 7.82 Å². The first-order valence-corrected chi connectivity index (χ1v) is 23.3. The number of nitrogens with zero attached hydrogens (tertiary/aromatic N) is 1. The third-order valence-corrected chi connectivity index (χ3v) is 11.2. The third-order valence-electron chi connectivity index (χ3n) is 10.1. The zero-order chi connectivity index (χ0) is 43.0. The fourth-order valence-electron chi connectivity index (χ4n) is 6.58. The quantitative estimate of drug-likeness (QED) is 0.0350. The fourth-order valence-corrected chi connectivity index (χ4v) is 7.34. The van der Waals surface area contributed by atoms with Gasteiger partial charge in [-0.2, -0.15) is 0 Å². The second-order valence-electron chi connectivity index (χ2n) is 15.1. The minimum absolute atomic E-state index is 0.0259. The van der Waals surface area contributed by atoms with E-state index < -0.39 is 43.4 Å². The van der Waals surface area contributed by atoms with Crippen molar-refractivity contribution in [3.8, 4) is 0 Å². The normalized spacial score (nSPS) is 16.4. The van der Waals surface area contributed by atoms with Crippen LogP contribution in [0.3, 0.4) is 0 Å². The van der Waals surface area contributed by atoms with Gasteiger partial charge in [-0.05, 0) is 32.6 Å². The molecule has 6 N–H and O–H groups in total. The number of Topliss-reactive ketones (excluding diaryl/α,β-unsaturated/α-hetero) is 3. The Bertz CT molecular complexity index is 1260. The molecule has 1 aliphatic rings. The summed E-state index contributed by atoms with van der Waals surface area (Å²) in [7, 11) is -3.93. The van der Waals surface area contributed by atoms with Crippen LogP contribution in [-0.4, -0.2) is 110 Å². The largest absolute Gasteiger partial charge is 0.472 e. The zero-order valence-corrected chi connectivity index (χ0v) is 36.3. The van der Waals surface area contributed by atoms with Gasteiger partial charge in [0.25, 0.3) is 0 Å². The van der Waals surface area contributed by atoms with Gasteiger partial charge in [0.1, 0.15) is 11.6 Å². The maximum absolute atomic E-state index is 13.0. The summed E-state index contributed by atoms with van der Waals surface area (Å²) in [6, 6.07) is -2.53. The van der Waals surface area contributed by atoms with E-state index >= 15 is 0 Å². The highest BCUT2D eigenvalue weighted by molar-refractivity contribution is 7.47. The number of unbranched alkanes of at least 4 members (excludes halogenated alkanes) is 13. The molecule has 1 fully saturated rings. The number of carbonyl (C=O) groups is 6. The number of imide groups is 1. The zero-order valence-electron chi connectivity index (χ0n) is 35.4. The highest BCUT2D eigenvalue weighted by Gasteiger charge is 2.44. The summed E-state index contributed by atoms with van der Waals surface area (Å²) in [6.45, 7) is 5.74. The van der Waals surface area contributed by atoms with Gasteiger partial charge in [-0.1, -0.05) is 84.0 Å². The van der Waals surface area contributed by atoms with E-state index in [2.05, 4.69) is 16.8 Å². The molecule has 0 aromatic carbocycles. The number of rotatable bonds is 40. The van der Waals surface area contributed by atoms with Crippen molar-refractivity contribution < 1.29 is 56.7 Å². The Morgan fingerprint density at radius 2 is 1.29 bits per heavy atom. The van der Waals surface area contributed by atoms with Crippen LogP contribution in [0.15, 0.2) is 0 Å². The van der Waals surface area contributed by atoms with Gasteiger partial charge in [0.15, 0.2) is 5.78 Å². The van der Waals surface area contributed by atoms with Crippen LogP contribution in [0.5, 0.6) is 0 Å². The molecule has 0 spiro atoms. The summed E-state index contributed by atoms with van der Waals surface area (Å²) >= 11 is 0. The van der Waals surface area contributed by atoms with Gasteiger partial charge in [-0.3, -0.25) is 42.7 Å². The number of amides is 3. The molecule has 1 rings (SSSR count). The number of ketones is 3. The average Bonchev–Trinajstić information content (AvgIpc) is 3.47. The third kappa shape index (κ3) is 25.9. The van der Waals surface area contributed by atoms with Gasteiger partial charge in [-0.15, -0.1) is 0 Å². The van der Waals surface area contributed by atoms with E-state index in [-0.39, 0.29) is 62.9 Å². The van der Waals surface area contributed by atoms with Crippen LogP contribution in [0.4, 0.5) is 0 Å². The second kappa shape index (κ2) is 33.3. The molecule has 3 amide bonds. The minimum Gasteiger partial charge on any atom is -0.379 e. The lowest BCUT2D eigenvalue weighted by Gasteiger charge is -2.20. The summed E-state index contributed by atoms with van der Waals surface area (Å²) in [6.07, 6.45) is 16.8. The maximum atomic E-state index is 13.0. The van der Waals surface area contributed by atoms with E-state index in [1.54, 1.807) is 6.92 Å². The molecule has 17 heteroatoms. The molecule has 16 nitrogen and oxygen atoms in total. The summed E-state index contributed by atoms with van der Waals surface area (Å²) < 4.78 is 31.9. The lowest BCUT2D eigenvalue weighted by atomic mass is 9.91. The number of ether oxygens (including phenoxy) is 2. The van der Waals surface area contributed by atoms with Gasteiger partial charge in [0.2, 0.25) is 17.7 Å². The average molecular weight is 847 g/mol. The molecule has 0 bridgehead atoms. The molecule has 0 aromatic heterocycles. The van der Waals surface area contributed by atoms with Gasteiger partial charge in [0, 0.05) is 58.2 Å². The standard InChI is InChI=1S/C41H75N4O12P/c1-3-5-6-7-8-9-10-11-14-17-24-44-37(48)32-36(42)40(50)39(43)35-31-38(49)45(41(35)51)25-22-33(46)21-19-26-54-29-30-55-28-23-34(47)20-16-13-12-15-18-27-57-58(52,53)56-4-2/h35-36,39H,3-32,42-43H2,1-2H3,(H,44,48)(H,52,53)/t35?,36-,39?/m0/s1. The molecular formula is C41H75N4O12P. The number of hydrogen-bond acceptors (Lipinski definition) is 13. The summed E-state index contributed by atoms with van der Waals surface area (Å²) in [5, 5.41) is 2.79. The number of phosphoric acid groups is 1. The maximum Gasteiger partial charge on any atom is 0.472 e. The van der Waals surface area contributed by atoms with Crippen LogP contribution in [0.25, 0.3) is 0 Å². The van der Waals surface area contributed by atoms with Gasteiger partial charge in [0.05, 0.1) is 51.0 Å². The predicted octanol–water partition coefficient (Wildman–Crippen LogP) is 5.24. The van der Waals surface area contributed by atoms with Crippen molar-refractivity contribution in [1.29, 1.82) is 0 Å². The van der Waals surface area contributed by atoms with Crippen molar-refractivity contribution in [1.82, 2.24) is 10.2 Å². The molecule has 0 aromatic rings. The first kappa shape index (κ1) is 53.6. The number of nitrogens with two attached hydrogens (primary N) is 2. The Morgan fingerprint density at radius 1 is 0.724 bits per heavy atom. The Balaban J connectivity index is 2.10. The predicted molar refractivity (Wildman–Crippen MR) is 220 cm³/mol. The number of phosphoric ester groups is 1. The first-order chi connectivity index (χ1) is 27.8. The molecule has 0 radical (unpaired) electrons. The van der Waals surface area contributed by atoms with Crippen molar-refractivity contribution >= 4 is 42.9 Å². The van der Waals surface area contributed by atoms with E-state index in [0.717, 1.165) is 49.8 Å². The van der Waals surface area contributed by atoms with Crippen LogP contribution in [0, 0.1) is 5.92 Å². The van der Waals surface area contributed by atoms with E-state index in [1.165, 1.54) is 44.9 Å². The van der Waals surface area contributed by atoms with Crippen molar-refractivity contribution in [3.05, 3.63) is 0 Å². The fraction of sp³-hybridized carbons (Fsp3) is 0.854. The molecule has 336 valence electrons. The van der Waals surface area contributed by atoms with Crippen molar-refractivity contribution in [3.63, 3.8) is 0 Å². The van der Waals surface area contributed by atoms with Gasteiger partial charge in [-0.25, -0.2) is 4.57 Å². The molecule has 58 heavy (non-hydrogen) atoms. The number of nitrogens with one attached hydrogen (secondary N) is 1. The Labute approximate surface area is 346 Å². The summed E-state index contributed by atoms with van der Waals surface area (Å²) in [5.74, 6) is -3.24. The number of likely N-dealkylation sites (tertiary alicyclic amines) is 1. The van der Waals surface area contributed by atoms with Crippen LogP contribution < -0.4 is 16.8 Å². The molecular weight excluding hydrogens is 771 g/mol. The lowest BCUT2D eigenvalue weighted by Crippen LogP contribution is -2.50. The molecule has 0 aliphatic carbocycles. The number of carbonyl (C=O) groups excluding carboxylic acids is 6. The molecule has 4 atom stereocenters. The molecule has 1 aliphatic heterocycles. The van der Waals surface area contributed by atoms with Crippen LogP contribution in [-0.2, 0) is 51.9 Å². The Kier molecular flexibility index (Phi) is 30.8. The van der Waals surface area contributed by atoms with E-state index in [9.17, 15) is 38.2 Å². The highest BCUT2D eigenvalue weighted by atomic mass is 31.2. The van der Waals surface area contributed by atoms with Gasteiger partial charge < -0.3 is 31.2 Å². The minimum atomic E-state index is -3.93. The monoisotopic (exact) mass is 847 g/mol. The SMILES string of the molecule is CCCCCCCCCCCCNC(=O)C[C@H](N)C(=O)C(N)C1CC(=O)N(CCC(=O)CCCOCCOCCC(=O)CCCCCCCOP(=O)(O)OCC)C1=O. The number of hydrogen-bond donors (Lipinski definition) is 4. The van der Waals surface area contributed by atoms with Gasteiger partial charge >= 0.3 is 7.82 Å². The highest BCUT2D eigenvalue weighted by Crippen LogP contribution is 2.43. The van der Waals surface area contributed by atoms with E-state index in [1.807, 2.05) is 0 Å². The lowest BCUT2D eigenvalue weighted by molar-refractivity contribution is -0.141. The molecule has 1 heterocycles. The summed E-state index contributed by atoms with van der Waals surface area (Å²) in [4.78, 5) is 85.7. The first-order valence-electron chi connectivity index (χ1n) is 21.8. The molecule has 1 saturated heterocycles. The summed E-state index contributed by atoms with van der Waals surface area (Å²) in [5.41, 5.74) is 12.1. The van der Waals surface area contributed by atoms with E-state index in [4.69, 9.17) is 25.5 Å². The van der Waals surface area contributed by atoms with Crippen molar-refractivity contribution in [2.75, 3.05) is 52.7 Å². The Hall–Kier alpha value is -2.43. The molecule has 3 unspecified atom stereocenters.